The van der Waals surface area contributed by atoms with E-state index in [1.54, 1.807) is 29.8 Å². The predicted molar refractivity (Wildman–Crippen MR) is 158 cm³/mol. The topological polar surface area (TPSA) is 130 Å². The summed E-state index contributed by atoms with van der Waals surface area (Å²) >= 11 is 5.92. The molecule has 13 heteroatoms. The van der Waals surface area contributed by atoms with E-state index < -0.39 is 17.8 Å². The van der Waals surface area contributed by atoms with Crippen molar-refractivity contribution >= 4 is 57.2 Å². The second-order valence-electron chi connectivity index (χ2n) is 10.3. The van der Waals surface area contributed by atoms with Crippen LogP contribution in [0, 0.1) is 12.7 Å². The van der Waals surface area contributed by atoms with Crippen LogP contribution in [-0.4, -0.2) is 56.8 Å². The van der Waals surface area contributed by atoms with Gasteiger partial charge in [-0.2, -0.15) is 4.98 Å². The molecule has 1 atom stereocenters. The summed E-state index contributed by atoms with van der Waals surface area (Å²) in [5.41, 5.74) is 2.63. The standard InChI is InChI=1S/C29H27ClFN7O4/c1-15-13-17(16(2)32-20-7-8-22(30)34-24(20)27(40)41)23-18(14-15)26(39)36(3)28(35-23)37-9-11-38(12-10-37)29-33-21-6-4-5-19(31)25(21)42-29/h4-8,13-14,16,32H,9-12H2,1-3H3,(H,40,41)/t16-/m1/s1. The number of pyridine rings is 1. The highest BCUT2D eigenvalue weighted by atomic mass is 35.5. The molecule has 6 rings (SSSR count). The Hall–Kier alpha value is -4.71. The number of halogens is 2. The van der Waals surface area contributed by atoms with Gasteiger partial charge in [-0.25, -0.2) is 19.2 Å². The van der Waals surface area contributed by atoms with E-state index in [9.17, 15) is 19.1 Å². The molecule has 1 saturated heterocycles. The lowest BCUT2D eigenvalue weighted by molar-refractivity contribution is 0.0691. The number of piperazine rings is 1. The number of anilines is 3. The Labute approximate surface area is 244 Å². The van der Waals surface area contributed by atoms with Gasteiger partial charge in [0.25, 0.3) is 11.6 Å². The molecule has 0 radical (unpaired) electrons. The monoisotopic (exact) mass is 591 g/mol. The highest BCUT2D eigenvalue weighted by Crippen LogP contribution is 2.30. The minimum absolute atomic E-state index is 0.0739. The zero-order chi connectivity index (χ0) is 29.7. The molecule has 2 N–H and O–H groups in total. The summed E-state index contributed by atoms with van der Waals surface area (Å²) in [4.78, 5) is 42.7. The van der Waals surface area contributed by atoms with E-state index in [1.807, 2.05) is 35.8 Å². The van der Waals surface area contributed by atoms with Crippen molar-refractivity contribution in [2.24, 2.45) is 7.05 Å². The van der Waals surface area contributed by atoms with Gasteiger partial charge in [-0.05, 0) is 49.7 Å². The Morgan fingerprint density at radius 2 is 1.83 bits per heavy atom. The second-order valence-corrected chi connectivity index (χ2v) is 10.7. The third-order valence-corrected chi connectivity index (χ3v) is 7.63. The van der Waals surface area contributed by atoms with Gasteiger partial charge in [0.15, 0.2) is 17.1 Å². The number of oxazole rings is 1. The van der Waals surface area contributed by atoms with Crippen LogP contribution in [0.2, 0.25) is 5.15 Å². The first kappa shape index (κ1) is 27.5. The molecule has 0 spiro atoms. The van der Waals surface area contributed by atoms with Crippen molar-refractivity contribution in [2.45, 2.75) is 19.9 Å². The number of nitrogens with zero attached hydrogens (tertiary/aromatic N) is 6. The number of hydrogen-bond donors (Lipinski definition) is 2. The summed E-state index contributed by atoms with van der Waals surface area (Å²) < 4.78 is 21.4. The van der Waals surface area contributed by atoms with Gasteiger partial charge in [0.1, 0.15) is 10.7 Å². The first-order valence-corrected chi connectivity index (χ1v) is 13.7. The third-order valence-electron chi connectivity index (χ3n) is 7.42. The van der Waals surface area contributed by atoms with Gasteiger partial charge in [-0.15, -0.1) is 0 Å². The molecule has 0 bridgehead atoms. The summed E-state index contributed by atoms with van der Waals surface area (Å²) in [5, 5.41) is 13.4. The Morgan fingerprint density at radius 1 is 1.10 bits per heavy atom. The molecule has 5 aromatic rings. The van der Waals surface area contributed by atoms with Gasteiger partial charge in [0.05, 0.1) is 22.6 Å². The minimum atomic E-state index is -1.21. The maximum Gasteiger partial charge on any atom is 0.356 e. The van der Waals surface area contributed by atoms with Crippen LogP contribution in [0.3, 0.4) is 0 Å². The summed E-state index contributed by atoms with van der Waals surface area (Å²) in [5.74, 6) is -1.16. The molecule has 11 nitrogen and oxygen atoms in total. The number of aryl methyl sites for hydroxylation is 1. The van der Waals surface area contributed by atoms with E-state index in [-0.39, 0.29) is 22.0 Å². The van der Waals surface area contributed by atoms with Crippen molar-refractivity contribution < 1.29 is 18.7 Å². The molecule has 3 aromatic heterocycles. The average molecular weight is 592 g/mol. The maximum atomic E-state index is 14.1. The zero-order valence-electron chi connectivity index (χ0n) is 23.1. The molecule has 42 heavy (non-hydrogen) atoms. The number of hydrogen-bond acceptors (Lipinski definition) is 9. The zero-order valence-corrected chi connectivity index (χ0v) is 23.8. The van der Waals surface area contributed by atoms with Crippen LogP contribution in [0.15, 0.2) is 51.7 Å². The van der Waals surface area contributed by atoms with Gasteiger partial charge in [-0.3, -0.25) is 9.36 Å². The Bertz CT molecular complexity index is 1920. The van der Waals surface area contributed by atoms with Crippen molar-refractivity contribution in [2.75, 3.05) is 41.3 Å². The van der Waals surface area contributed by atoms with Crippen LogP contribution in [0.5, 0.6) is 0 Å². The smallest absolute Gasteiger partial charge is 0.356 e. The van der Waals surface area contributed by atoms with E-state index in [2.05, 4.69) is 15.3 Å². The summed E-state index contributed by atoms with van der Waals surface area (Å²) in [6.07, 6.45) is 0. The van der Waals surface area contributed by atoms with Crippen LogP contribution in [0.25, 0.3) is 22.0 Å². The van der Waals surface area contributed by atoms with Crippen LogP contribution in [0.4, 0.5) is 22.0 Å². The number of aromatic carboxylic acids is 1. The van der Waals surface area contributed by atoms with Crippen molar-refractivity contribution in [1.29, 1.82) is 0 Å². The number of para-hydroxylation sites is 1. The molecule has 216 valence electrons. The maximum absolute atomic E-state index is 14.1. The Balaban J connectivity index is 1.31. The number of benzene rings is 2. The van der Waals surface area contributed by atoms with Crippen LogP contribution in [-0.2, 0) is 7.05 Å². The number of fused-ring (bicyclic) bond motifs is 2. The first-order valence-electron chi connectivity index (χ1n) is 13.3. The van der Waals surface area contributed by atoms with E-state index in [4.69, 9.17) is 21.0 Å². The lowest BCUT2D eigenvalue weighted by Crippen LogP contribution is -2.48. The molecule has 4 heterocycles. The number of carbonyl (C=O) groups is 1. The number of carboxylic acids is 1. The molecule has 2 aromatic carbocycles. The lowest BCUT2D eigenvalue weighted by atomic mass is 10.0. The van der Waals surface area contributed by atoms with Crippen LogP contribution in [0.1, 0.15) is 34.6 Å². The summed E-state index contributed by atoms with van der Waals surface area (Å²) in [7, 11) is 1.70. The van der Waals surface area contributed by atoms with Crippen molar-refractivity contribution in [3.8, 4) is 0 Å². The summed E-state index contributed by atoms with van der Waals surface area (Å²) in [6, 6.07) is 11.4. The van der Waals surface area contributed by atoms with Gasteiger partial charge in [0.2, 0.25) is 5.95 Å². The number of carboxylic acid groups (broad SMARTS) is 1. The lowest BCUT2D eigenvalue weighted by Gasteiger charge is -2.35. The number of rotatable bonds is 6. The molecular formula is C29H27ClFN7O4. The quantitative estimate of drug-likeness (QED) is 0.266. The Kier molecular flexibility index (Phi) is 6.93. The fourth-order valence-electron chi connectivity index (χ4n) is 5.32. The van der Waals surface area contributed by atoms with Crippen LogP contribution >= 0.6 is 11.6 Å². The number of aromatic nitrogens is 4. The SMILES string of the molecule is Cc1cc([C@@H](C)Nc2ccc(Cl)nc2C(=O)O)c2nc(N3CCN(c4nc5cccc(F)c5o4)CC3)n(C)c(=O)c2c1. The molecule has 1 fully saturated rings. The van der Waals surface area contributed by atoms with E-state index in [0.29, 0.717) is 60.2 Å². The molecular weight excluding hydrogens is 565 g/mol. The molecule has 0 amide bonds. The predicted octanol–water partition coefficient (Wildman–Crippen LogP) is 4.77. The van der Waals surface area contributed by atoms with Gasteiger partial charge >= 0.3 is 5.97 Å². The minimum Gasteiger partial charge on any atom is -0.476 e. The van der Waals surface area contributed by atoms with E-state index in [1.165, 1.54) is 12.1 Å². The van der Waals surface area contributed by atoms with Gasteiger partial charge in [0, 0.05) is 38.8 Å². The molecule has 0 saturated carbocycles. The van der Waals surface area contributed by atoms with Gasteiger partial charge < -0.3 is 24.6 Å². The van der Waals surface area contributed by atoms with Crippen LogP contribution < -0.4 is 20.7 Å². The first-order chi connectivity index (χ1) is 20.1. The molecule has 1 aliphatic heterocycles. The van der Waals surface area contributed by atoms with Gasteiger partial charge in [-0.1, -0.05) is 23.7 Å². The summed E-state index contributed by atoms with van der Waals surface area (Å²) in [6.45, 7) is 5.88. The van der Waals surface area contributed by atoms with Crippen molar-refractivity contribution in [3.63, 3.8) is 0 Å². The highest BCUT2D eigenvalue weighted by molar-refractivity contribution is 6.29. The third kappa shape index (κ3) is 4.87. The van der Waals surface area contributed by atoms with E-state index in [0.717, 1.165) is 11.1 Å². The fourth-order valence-corrected chi connectivity index (χ4v) is 5.46. The highest BCUT2D eigenvalue weighted by Gasteiger charge is 2.26. The second kappa shape index (κ2) is 10.6. The molecule has 0 aliphatic carbocycles. The fraction of sp³-hybridized carbons (Fsp3) is 0.276. The largest absolute Gasteiger partial charge is 0.476 e. The molecule has 0 unspecified atom stereocenters. The Morgan fingerprint density at radius 3 is 2.55 bits per heavy atom. The van der Waals surface area contributed by atoms with Crippen molar-refractivity contribution in [3.05, 3.63) is 80.6 Å². The van der Waals surface area contributed by atoms with Crippen molar-refractivity contribution in [1.82, 2.24) is 19.5 Å². The normalized spacial score (nSPS) is 14.5. The number of nitrogens with one attached hydrogen (secondary N) is 1. The average Bonchev–Trinajstić information content (AvgIpc) is 3.41. The van der Waals surface area contributed by atoms with E-state index >= 15 is 0 Å². The molecule has 1 aliphatic rings.